The van der Waals surface area contributed by atoms with Crippen LogP contribution < -0.4 is 0 Å². The molecule has 0 radical (unpaired) electrons. The predicted molar refractivity (Wildman–Crippen MR) is 148 cm³/mol. The number of ether oxygens (including phenoxy) is 1. The highest BCUT2D eigenvalue weighted by Gasteiger charge is 2.44. The second-order valence-corrected chi connectivity index (χ2v) is 9.49. The average molecular weight is 508 g/mol. The molecule has 3 aromatic carbocycles. The highest BCUT2D eigenvalue weighted by atomic mass is 16.5. The maximum atomic E-state index is 12.0. The fraction of sp³-hybridized carbons (Fsp3) is 0.250. The summed E-state index contributed by atoms with van der Waals surface area (Å²) in [5.74, 6) is -0.381. The summed E-state index contributed by atoms with van der Waals surface area (Å²) in [4.78, 5) is 14.5. The number of carbonyl (C=O) groups is 1. The van der Waals surface area contributed by atoms with Crippen LogP contribution in [0.25, 0.3) is 0 Å². The van der Waals surface area contributed by atoms with Crippen molar-refractivity contribution in [3.63, 3.8) is 0 Å². The number of carbonyl (C=O) groups excluding carboxylic acids is 1. The second-order valence-electron chi connectivity index (χ2n) is 9.49. The Kier molecular flexibility index (Phi) is 7.82. The average Bonchev–Trinajstić information content (AvgIpc) is 3.45. The van der Waals surface area contributed by atoms with Gasteiger partial charge in [0, 0.05) is 19.3 Å². The van der Waals surface area contributed by atoms with Crippen molar-refractivity contribution in [1.29, 1.82) is 0 Å². The first kappa shape index (κ1) is 25.6. The van der Waals surface area contributed by atoms with Crippen molar-refractivity contribution in [1.82, 2.24) is 14.7 Å². The number of hydrogen-bond donors (Lipinski definition) is 1. The zero-order chi connectivity index (χ0) is 26.4. The third-order valence-corrected chi connectivity index (χ3v) is 7.21. The Hall–Kier alpha value is -4.00. The molecule has 5 rings (SSSR count). The van der Waals surface area contributed by atoms with E-state index in [1.807, 2.05) is 24.3 Å². The number of nitrogens with zero attached hydrogens (tertiary/aromatic N) is 3. The van der Waals surface area contributed by atoms with Gasteiger partial charge in [-0.1, -0.05) is 97.1 Å². The number of hydrogen-bond acceptors (Lipinski definition) is 5. The molecule has 4 aromatic rings. The third-order valence-electron chi connectivity index (χ3n) is 7.21. The Morgan fingerprint density at radius 1 is 0.974 bits per heavy atom. The van der Waals surface area contributed by atoms with E-state index in [-0.39, 0.29) is 5.97 Å². The smallest absolute Gasteiger partial charge is 0.341 e. The van der Waals surface area contributed by atoms with Crippen molar-refractivity contribution in [2.24, 2.45) is 0 Å². The molecule has 1 aliphatic heterocycles. The molecule has 194 valence electrons. The number of benzene rings is 3. The summed E-state index contributed by atoms with van der Waals surface area (Å²) in [5, 5.41) is 15.3. The molecule has 0 spiro atoms. The van der Waals surface area contributed by atoms with E-state index in [1.54, 1.807) is 17.8 Å². The number of esters is 1. The first-order valence-electron chi connectivity index (χ1n) is 13.1. The Morgan fingerprint density at radius 2 is 1.53 bits per heavy atom. The van der Waals surface area contributed by atoms with Gasteiger partial charge in [-0.05, 0) is 35.6 Å². The number of aromatic nitrogens is 2. The minimum Gasteiger partial charge on any atom is -0.462 e. The lowest BCUT2D eigenvalue weighted by Gasteiger charge is -2.48. The quantitative estimate of drug-likeness (QED) is 0.206. The van der Waals surface area contributed by atoms with Crippen LogP contribution >= 0.6 is 0 Å². The van der Waals surface area contributed by atoms with Crippen LogP contribution in [0.1, 0.15) is 40.4 Å². The summed E-state index contributed by atoms with van der Waals surface area (Å²) in [6.45, 7) is 3.87. The maximum Gasteiger partial charge on any atom is 0.341 e. The summed E-state index contributed by atoms with van der Waals surface area (Å²) >= 11 is 0. The van der Waals surface area contributed by atoms with Crippen LogP contribution in [0, 0.1) is 0 Å². The van der Waals surface area contributed by atoms with Gasteiger partial charge in [0.15, 0.2) is 0 Å². The first-order valence-corrected chi connectivity index (χ1v) is 13.1. The predicted octanol–water partition coefficient (Wildman–Crippen LogP) is 5.04. The molecule has 2 heterocycles. The van der Waals surface area contributed by atoms with Gasteiger partial charge in [0.25, 0.3) is 0 Å². The van der Waals surface area contributed by atoms with E-state index in [9.17, 15) is 9.90 Å². The number of allylic oxidation sites excluding steroid dienone is 1. The number of piperidine rings is 1. The lowest BCUT2D eigenvalue weighted by molar-refractivity contribution is 0.0526. The van der Waals surface area contributed by atoms with Gasteiger partial charge in [-0.2, -0.15) is 5.10 Å². The zero-order valence-corrected chi connectivity index (χ0v) is 21.6. The number of rotatable bonds is 8. The van der Waals surface area contributed by atoms with Crippen molar-refractivity contribution in [2.75, 3.05) is 19.7 Å². The zero-order valence-electron chi connectivity index (χ0n) is 21.6. The van der Waals surface area contributed by atoms with E-state index in [0.29, 0.717) is 31.7 Å². The number of likely N-dealkylation sites (tertiary alicyclic amines) is 1. The lowest BCUT2D eigenvalue weighted by Crippen LogP contribution is -2.53. The normalized spacial score (nSPS) is 17.4. The third kappa shape index (κ3) is 5.05. The Morgan fingerprint density at radius 3 is 2.05 bits per heavy atom. The van der Waals surface area contributed by atoms with E-state index in [0.717, 1.165) is 12.1 Å². The van der Waals surface area contributed by atoms with Crippen molar-refractivity contribution in [3.05, 3.63) is 137 Å². The molecule has 1 fully saturated rings. The molecular formula is C32H33N3O3. The first-order chi connectivity index (χ1) is 18.6. The van der Waals surface area contributed by atoms with E-state index < -0.39 is 11.6 Å². The molecule has 0 amide bonds. The van der Waals surface area contributed by atoms with Crippen molar-refractivity contribution >= 4 is 5.97 Å². The fourth-order valence-corrected chi connectivity index (χ4v) is 5.44. The number of aliphatic hydroxyl groups excluding tert-OH is 1. The van der Waals surface area contributed by atoms with Gasteiger partial charge in [0.05, 0.1) is 36.6 Å². The SMILES string of the molecule is CCOC(=O)c1cnn(C/C=C2\CN(C(c3ccccc3)(c3ccccc3)c3ccccc3)CCC2O)c1. The summed E-state index contributed by atoms with van der Waals surface area (Å²) in [6.07, 6.45) is 5.32. The molecular weight excluding hydrogens is 474 g/mol. The molecule has 0 bridgehead atoms. The Labute approximate surface area is 223 Å². The van der Waals surface area contributed by atoms with Crippen LogP contribution in [-0.2, 0) is 16.8 Å². The fourth-order valence-electron chi connectivity index (χ4n) is 5.44. The molecule has 38 heavy (non-hydrogen) atoms. The molecule has 0 aliphatic carbocycles. The minimum atomic E-state index is -0.536. The molecule has 0 saturated carbocycles. The molecule has 6 nitrogen and oxygen atoms in total. The Balaban J connectivity index is 1.54. The van der Waals surface area contributed by atoms with Gasteiger partial charge in [0.2, 0.25) is 0 Å². The van der Waals surface area contributed by atoms with Crippen LogP contribution in [0.3, 0.4) is 0 Å². The van der Waals surface area contributed by atoms with E-state index >= 15 is 0 Å². The van der Waals surface area contributed by atoms with Gasteiger partial charge in [-0.25, -0.2) is 4.79 Å². The van der Waals surface area contributed by atoms with Gasteiger partial charge < -0.3 is 9.84 Å². The van der Waals surface area contributed by atoms with Crippen LogP contribution in [-0.4, -0.2) is 51.6 Å². The van der Waals surface area contributed by atoms with Crippen molar-refractivity contribution in [3.8, 4) is 0 Å². The van der Waals surface area contributed by atoms with Gasteiger partial charge in [0.1, 0.15) is 0 Å². The number of aliphatic hydroxyl groups is 1. The monoisotopic (exact) mass is 507 g/mol. The maximum absolute atomic E-state index is 12.0. The highest BCUT2D eigenvalue weighted by molar-refractivity contribution is 5.88. The van der Waals surface area contributed by atoms with Gasteiger partial charge >= 0.3 is 5.97 Å². The summed E-state index contributed by atoms with van der Waals surface area (Å²) in [6, 6.07) is 31.8. The van der Waals surface area contributed by atoms with Crippen molar-refractivity contribution < 1.29 is 14.6 Å². The molecule has 1 aliphatic rings. The standard InChI is InChI=1S/C32H33N3O3/c1-2-38-31(37)26-22-33-35(24-26)21-18-25-23-34(20-19-30(25)36)32(27-12-6-3-7-13-27,28-14-8-4-9-15-28)29-16-10-5-11-17-29/h3-18,22,24,30,36H,2,19-21,23H2,1H3/b25-18+. The van der Waals surface area contributed by atoms with Crippen LogP contribution in [0.15, 0.2) is 115 Å². The van der Waals surface area contributed by atoms with E-state index in [4.69, 9.17) is 4.74 Å². The van der Waals surface area contributed by atoms with Crippen LogP contribution in [0.2, 0.25) is 0 Å². The molecule has 1 atom stereocenters. The largest absolute Gasteiger partial charge is 0.462 e. The lowest BCUT2D eigenvalue weighted by atomic mass is 9.74. The summed E-state index contributed by atoms with van der Waals surface area (Å²) in [5.41, 5.74) is 4.37. The molecule has 1 saturated heterocycles. The molecule has 6 heteroatoms. The summed E-state index contributed by atoms with van der Waals surface area (Å²) in [7, 11) is 0. The van der Waals surface area contributed by atoms with Crippen LogP contribution in [0.5, 0.6) is 0 Å². The molecule has 1 unspecified atom stereocenters. The van der Waals surface area contributed by atoms with Gasteiger partial charge in [-0.15, -0.1) is 0 Å². The minimum absolute atomic E-state index is 0.322. The molecule has 1 N–H and O–H groups in total. The van der Waals surface area contributed by atoms with E-state index in [1.165, 1.54) is 22.9 Å². The topological polar surface area (TPSA) is 67.6 Å². The second kappa shape index (κ2) is 11.6. The van der Waals surface area contributed by atoms with Crippen molar-refractivity contribution in [2.45, 2.75) is 31.5 Å². The summed E-state index contributed by atoms with van der Waals surface area (Å²) < 4.78 is 6.77. The van der Waals surface area contributed by atoms with E-state index in [2.05, 4.69) is 82.8 Å². The highest BCUT2D eigenvalue weighted by Crippen LogP contribution is 2.44. The van der Waals surface area contributed by atoms with Crippen LogP contribution in [0.4, 0.5) is 0 Å². The van der Waals surface area contributed by atoms with Gasteiger partial charge in [-0.3, -0.25) is 9.58 Å². The molecule has 1 aromatic heterocycles. The Bertz CT molecular complexity index is 1270.